The summed E-state index contributed by atoms with van der Waals surface area (Å²) in [5.41, 5.74) is 6.52. The second kappa shape index (κ2) is 5.11. The zero-order chi connectivity index (χ0) is 9.10. The first-order valence-corrected chi connectivity index (χ1v) is 4.87. The van der Waals surface area contributed by atoms with Gasteiger partial charge in [0.25, 0.3) is 0 Å². The van der Waals surface area contributed by atoms with Crippen LogP contribution in [0.3, 0.4) is 0 Å². The first kappa shape index (κ1) is 11.2. The highest BCUT2D eigenvalue weighted by Crippen LogP contribution is 2.27. The van der Waals surface area contributed by atoms with Crippen LogP contribution < -0.4 is 10.5 Å². The van der Waals surface area contributed by atoms with Crippen molar-refractivity contribution in [2.75, 3.05) is 5.73 Å². The number of benzene rings is 1. The minimum atomic E-state index is 0. The Labute approximate surface area is 90.9 Å². The fourth-order valence-corrected chi connectivity index (χ4v) is 1.77. The second-order valence-corrected chi connectivity index (χ2v) is 3.56. The van der Waals surface area contributed by atoms with Gasteiger partial charge in [-0.25, -0.2) is 0 Å². The summed E-state index contributed by atoms with van der Waals surface area (Å²) < 4.78 is 5.78. The van der Waals surface area contributed by atoms with Crippen molar-refractivity contribution in [3.05, 3.63) is 24.3 Å². The fraction of sp³-hybridized carbons (Fsp3) is 0.455. The molecule has 2 nitrogen and oxygen atoms in total. The van der Waals surface area contributed by atoms with Crippen LogP contribution in [-0.4, -0.2) is 6.10 Å². The molecule has 1 aromatic carbocycles. The van der Waals surface area contributed by atoms with Gasteiger partial charge in [-0.2, -0.15) is 0 Å². The molecular weight excluding hydrogens is 198 g/mol. The quantitative estimate of drug-likeness (QED) is 0.767. The highest BCUT2D eigenvalue weighted by molar-refractivity contribution is 5.85. The van der Waals surface area contributed by atoms with Gasteiger partial charge in [0.05, 0.1) is 11.8 Å². The lowest BCUT2D eigenvalue weighted by molar-refractivity contribution is 0.211. The normalized spacial score (nSPS) is 16.3. The molecule has 0 heterocycles. The van der Waals surface area contributed by atoms with Crippen molar-refractivity contribution in [1.82, 2.24) is 0 Å². The van der Waals surface area contributed by atoms with E-state index < -0.39 is 0 Å². The number of halogens is 1. The van der Waals surface area contributed by atoms with Gasteiger partial charge in [-0.1, -0.05) is 12.1 Å². The van der Waals surface area contributed by atoms with Gasteiger partial charge in [-0.3, -0.25) is 0 Å². The summed E-state index contributed by atoms with van der Waals surface area (Å²) in [5.74, 6) is 0.842. The number of hydrogen-bond acceptors (Lipinski definition) is 2. The molecule has 0 amide bonds. The Morgan fingerprint density at radius 2 is 1.79 bits per heavy atom. The van der Waals surface area contributed by atoms with Crippen LogP contribution in [0.5, 0.6) is 5.75 Å². The number of ether oxygens (including phenoxy) is 1. The summed E-state index contributed by atoms with van der Waals surface area (Å²) in [5, 5.41) is 0. The van der Waals surface area contributed by atoms with Gasteiger partial charge in [0.15, 0.2) is 0 Å². The van der Waals surface area contributed by atoms with Crippen molar-refractivity contribution in [3.63, 3.8) is 0 Å². The molecule has 1 saturated carbocycles. The van der Waals surface area contributed by atoms with E-state index in [1.807, 2.05) is 24.3 Å². The summed E-state index contributed by atoms with van der Waals surface area (Å²) >= 11 is 0. The molecule has 0 radical (unpaired) electrons. The molecule has 0 saturated heterocycles. The Morgan fingerprint density at radius 3 is 2.43 bits per heavy atom. The number of rotatable bonds is 2. The molecule has 1 aliphatic carbocycles. The van der Waals surface area contributed by atoms with E-state index in [-0.39, 0.29) is 12.4 Å². The van der Waals surface area contributed by atoms with Gasteiger partial charge in [-0.15, -0.1) is 12.4 Å². The molecule has 14 heavy (non-hydrogen) atoms. The fourth-order valence-electron chi connectivity index (χ4n) is 1.77. The molecule has 0 unspecified atom stereocenters. The van der Waals surface area contributed by atoms with Crippen LogP contribution in [0.2, 0.25) is 0 Å². The van der Waals surface area contributed by atoms with Crippen LogP contribution in [0.4, 0.5) is 5.69 Å². The van der Waals surface area contributed by atoms with Gasteiger partial charge in [-0.05, 0) is 37.8 Å². The Kier molecular flexibility index (Phi) is 4.08. The van der Waals surface area contributed by atoms with Crippen LogP contribution in [0.25, 0.3) is 0 Å². The Hall–Kier alpha value is -0.890. The zero-order valence-corrected chi connectivity index (χ0v) is 8.93. The summed E-state index contributed by atoms with van der Waals surface area (Å²) in [6, 6.07) is 7.70. The zero-order valence-electron chi connectivity index (χ0n) is 8.11. The Morgan fingerprint density at radius 1 is 1.14 bits per heavy atom. The largest absolute Gasteiger partial charge is 0.488 e. The van der Waals surface area contributed by atoms with Gasteiger partial charge in [0.2, 0.25) is 0 Å². The van der Waals surface area contributed by atoms with E-state index in [1.54, 1.807) is 0 Å². The van der Waals surface area contributed by atoms with Crippen molar-refractivity contribution < 1.29 is 4.74 Å². The van der Waals surface area contributed by atoms with E-state index in [2.05, 4.69) is 0 Å². The van der Waals surface area contributed by atoms with Crippen molar-refractivity contribution in [2.45, 2.75) is 31.8 Å². The van der Waals surface area contributed by atoms with Gasteiger partial charge >= 0.3 is 0 Å². The number of nitrogens with two attached hydrogens (primary N) is 1. The molecule has 2 rings (SSSR count). The van der Waals surface area contributed by atoms with Crippen LogP contribution >= 0.6 is 12.4 Å². The molecular formula is C11H16ClNO. The SMILES string of the molecule is Cl.Nc1ccccc1OC1CCCC1. The van der Waals surface area contributed by atoms with E-state index in [0.29, 0.717) is 6.10 Å². The second-order valence-electron chi connectivity index (χ2n) is 3.56. The number of para-hydroxylation sites is 2. The van der Waals surface area contributed by atoms with Crippen molar-refractivity contribution in [2.24, 2.45) is 0 Å². The lowest BCUT2D eigenvalue weighted by atomic mass is 10.2. The minimum Gasteiger partial charge on any atom is -0.488 e. The highest BCUT2D eigenvalue weighted by atomic mass is 35.5. The van der Waals surface area contributed by atoms with Crippen LogP contribution in [0, 0.1) is 0 Å². The average molecular weight is 214 g/mol. The predicted octanol–water partition coefficient (Wildman–Crippen LogP) is 3.01. The molecule has 0 aliphatic heterocycles. The number of hydrogen-bond donors (Lipinski definition) is 1. The van der Waals surface area contributed by atoms with E-state index >= 15 is 0 Å². The third-order valence-electron chi connectivity index (χ3n) is 2.51. The lowest BCUT2D eigenvalue weighted by Crippen LogP contribution is -2.11. The van der Waals surface area contributed by atoms with Crippen molar-refractivity contribution in [3.8, 4) is 5.75 Å². The summed E-state index contributed by atoms with van der Waals surface area (Å²) in [4.78, 5) is 0. The molecule has 0 bridgehead atoms. The smallest absolute Gasteiger partial charge is 0.142 e. The molecule has 1 aliphatic rings. The Balaban J connectivity index is 0.000000980. The third-order valence-corrected chi connectivity index (χ3v) is 2.51. The van der Waals surface area contributed by atoms with Crippen LogP contribution in [0.15, 0.2) is 24.3 Å². The Bertz CT molecular complexity index is 284. The van der Waals surface area contributed by atoms with E-state index in [1.165, 1.54) is 25.7 Å². The number of nitrogen functional groups attached to an aromatic ring is 1. The third kappa shape index (κ3) is 2.55. The maximum atomic E-state index is 5.78. The van der Waals surface area contributed by atoms with E-state index in [4.69, 9.17) is 10.5 Å². The topological polar surface area (TPSA) is 35.2 Å². The van der Waals surface area contributed by atoms with Gasteiger partial charge in [0.1, 0.15) is 5.75 Å². The maximum absolute atomic E-state index is 5.78. The molecule has 0 atom stereocenters. The maximum Gasteiger partial charge on any atom is 0.142 e. The molecule has 1 fully saturated rings. The van der Waals surface area contributed by atoms with Gasteiger partial charge in [0, 0.05) is 0 Å². The molecule has 0 spiro atoms. The first-order chi connectivity index (χ1) is 6.36. The molecule has 0 aromatic heterocycles. The van der Waals surface area contributed by atoms with Crippen LogP contribution in [-0.2, 0) is 0 Å². The van der Waals surface area contributed by atoms with E-state index in [9.17, 15) is 0 Å². The molecule has 1 aromatic rings. The molecule has 2 N–H and O–H groups in total. The standard InChI is InChI=1S/C11H15NO.ClH/c12-10-7-3-4-8-11(10)13-9-5-1-2-6-9;/h3-4,7-9H,1-2,5-6,12H2;1H. The highest BCUT2D eigenvalue weighted by Gasteiger charge is 2.16. The first-order valence-electron chi connectivity index (χ1n) is 4.87. The van der Waals surface area contributed by atoms with Crippen LogP contribution in [0.1, 0.15) is 25.7 Å². The monoisotopic (exact) mass is 213 g/mol. The predicted molar refractivity (Wildman–Crippen MR) is 61.0 cm³/mol. The minimum absolute atomic E-state index is 0. The molecule has 3 heteroatoms. The summed E-state index contributed by atoms with van der Waals surface area (Å²) in [6.45, 7) is 0. The summed E-state index contributed by atoms with van der Waals surface area (Å²) in [6.07, 6.45) is 5.32. The van der Waals surface area contributed by atoms with Crippen molar-refractivity contribution >= 4 is 18.1 Å². The van der Waals surface area contributed by atoms with Crippen molar-refractivity contribution in [1.29, 1.82) is 0 Å². The van der Waals surface area contributed by atoms with E-state index in [0.717, 1.165) is 11.4 Å². The lowest BCUT2D eigenvalue weighted by Gasteiger charge is -2.14. The summed E-state index contributed by atoms with van der Waals surface area (Å²) in [7, 11) is 0. The number of anilines is 1. The van der Waals surface area contributed by atoms with Gasteiger partial charge < -0.3 is 10.5 Å². The molecule has 78 valence electrons. The average Bonchev–Trinajstić information content (AvgIpc) is 2.61.